The number of anilines is 1. The number of hydrogen-bond acceptors (Lipinski definition) is 7. The van der Waals surface area contributed by atoms with Gasteiger partial charge in [0, 0.05) is 26.3 Å². The van der Waals surface area contributed by atoms with E-state index in [1.807, 2.05) is 39.3 Å². The second-order valence-electron chi connectivity index (χ2n) is 9.30. The predicted molar refractivity (Wildman–Crippen MR) is 141 cm³/mol. The van der Waals surface area contributed by atoms with Gasteiger partial charge in [0.05, 0.1) is 30.1 Å². The molecule has 2 aromatic heterocycles. The van der Waals surface area contributed by atoms with E-state index in [4.69, 9.17) is 4.98 Å². The van der Waals surface area contributed by atoms with Gasteiger partial charge in [-0.15, -0.1) is 0 Å². The molecule has 38 heavy (non-hydrogen) atoms. The zero-order chi connectivity index (χ0) is 27.2. The Labute approximate surface area is 218 Å². The number of benzene rings is 2. The summed E-state index contributed by atoms with van der Waals surface area (Å²) in [6.45, 7) is 1.92. The van der Waals surface area contributed by atoms with Gasteiger partial charge in [0.1, 0.15) is 11.4 Å². The predicted octanol–water partition coefficient (Wildman–Crippen LogP) is 2.83. The van der Waals surface area contributed by atoms with E-state index in [0.29, 0.717) is 11.1 Å². The van der Waals surface area contributed by atoms with E-state index in [2.05, 4.69) is 25.1 Å². The summed E-state index contributed by atoms with van der Waals surface area (Å²) >= 11 is 0. The molecular formula is C27H29F2N7O2. The molecule has 0 aliphatic rings. The number of amides is 1. The van der Waals surface area contributed by atoms with E-state index >= 15 is 0 Å². The molecule has 2 aromatic carbocycles. The van der Waals surface area contributed by atoms with Crippen LogP contribution < -0.4 is 15.8 Å². The lowest BCUT2D eigenvalue weighted by Crippen LogP contribution is -2.33. The third-order valence-corrected chi connectivity index (χ3v) is 6.02. The van der Waals surface area contributed by atoms with Crippen LogP contribution in [0, 0.1) is 11.6 Å². The van der Waals surface area contributed by atoms with Gasteiger partial charge in [0.2, 0.25) is 0 Å². The van der Waals surface area contributed by atoms with E-state index < -0.39 is 23.1 Å². The van der Waals surface area contributed by atoms with Crippen molar-refractivity contribution >= 4 is 22.8 Å². The maximum absolute atomic E-state index is 13.5. The number of halogens is 2. The van der Waals surface area contributed by atoms with Gasteiger partial charge in [-0.05, 0) is 62.5 Å². The van der Waals surface area contributed by atoms with Crippen molar-refractivity contribution in [3.8, 4) is 0 Å². The Morgan fingerprint density at radius 3 is 2.53 bits per heavy atom. The molecule has 4 aromatic rings. The minimum atomic E-state index is -1.01. The number of nitrogens with one attached hydrogen (secondary N) is 1. The maximum Gasteiger partial charge on any atom is 0.266 e. The summed E-state index contributed by atoms with van der Waals surface area (Å²) < 4.78 is 27.9. The Bertz CT molecular complexity index is 1510. The summed E-state index contributed by atoms with van der Waals surface area (Å²) in [7, 11) is 6.05. The van der Waals surface area contributed by atoms with Gasteiger partial charge in [-0.2, -0.15) is 0 Å². The Morgan fingerprint density at radius 2 is 1.76 bits per heavy atom. The third kappa shape index (κ3) is 6.54. The van der Waals surface area contributed by atoms with Crippen LogP contribution in [0.25, 0.3) is 11.0 Å². The molecular weight excluding hydrogens is 492 g/mol. The SMILES string of the molecule is CN(C)CCCN(C)c1cnc2ccc(CNC(=O)c3cncn(Cc4ccc(F)c(F)c4)c3=O)cc2n1. The highest BCUT2D eigenvalue weighted by atomic mass is 19.2. The molecule has 0 aliphatic heterocycles. The molecule has 0 radical (unpaired) electrons. The third-order valence-electron chi connectivity index (χ3n) is 6.02. The van der Waals surface area contributed by atoms with E-state index in [1.165, 1.54) is 23.2 Å². The van der Waals surface area contributed by atoms with E-state index in [1.54, 1.807) is 6.20 Å². The van der Waals surface area contributed by atoms with Gasteiger partial charge >= 0.3 is 0 Å². The molecule has 0 saturated carbocycles. The molecule has 198 valence electrons. The molecule has 4 rings (SSSR count). The van der Waals surface area contributed by atoms with Crippen molar-refractivity contribution in [3.05, 3.63) is 93.8 Å². The van der Waals surface area contributed by atoms with Crippen LogP contribution in [0.5, 0.6) is 0 Å². The van der Waals surface area contributed by atoms with Crippen molar-refractivity contribution in [3.63, 3.8) is 0 Å². The Balaban J connectivity index is 1.44. The molecule has 2 heterocycles. The Hall–Kier alpha value is -4.25. The second-order valence-corrected chi connectivity index (χ2v) is 9.30. The number of fused-ring (bicyclic) bond motifs is 1. The summed E-state index contributed by atoms with van der Waals surface area (Å²) in [6.07, 6.45) is 5.17. The van der Waals surface area contributed by atoms with Gasteiger partial charge in [-0.25, -0.2) is 18.7 Å². The molecule has 0 spiro atoms. The Morgan fingerprint density at radius 1 is 0.974 bits per heavy atom. The van der Waals surface area contributed by atoms with Crippen molar-refractivity contribution in [1.29, 1.82) is 0 Å². The summed E-state index contributed by atoms with van der Waals surface area (Å²) in [6, 6.07) is 8.88. The average molecular weight is 522 g/mol. The molecule has 1 N–H and O–H groups in total. The number of hydrogen-bond donors (Lipinski definition) is 1. The van der Waals surface area contributed by atoms with Crippen molar-refractivity contribution in [1.82, 2.24) is 29.7 Å². The highest BCUT2D eigenvalue weighted by Gasteiger charge is 2.14. The second kappa shape index (κ2) is 11.9. The molecule has 0 unspecified atom stereocenters. The fraction of sp³-hybridized carbons (Fsp3) is 0.296. The lowest BCUT2D eigenvalue weighted by atomic mass is 10.2. The van der Waals surface area contributed by atoms with Crippen LogP contribution in [0.1, 0.15) is 27.9 Å². The van der Waals surface area contributed by atoms with Crippen molar-refractivity contribution < 1.29 is 13.6 Å². The molecule has 0 bridgehead atoms. The zero-order valence-electron chi connectivity index (χ0n) is 21.5. The highest BCUT2D eigenvalue weighted by molar-refractivity contribution is 5.93. The van der Waals surface area contributed by atoms with E-state index in [0.717, 1.165) is 48.5 Å². The van der Waals surface area contributed by atoms with E-state index in [-0.39, 0.29) is 18.7 Å². The van der Waals surface area contributed by atoms with Crippen LogP contribution in [0.15, 0.2) is 59.9 Å². The number of aromatic nitrogens is 4. The monoisotopic (exact) mass is 521 g/mol. The topological polar surface area (TPSA) is 96.2 Å². The fourth-order valence-corrected chi connectivity index (χ4v) is 3.91. The Kier molecular flexibility index (Phi) is 8.37. The first kappa shape index (κ1) is 26.8. The maximum atomic E-state index is 13.5. The molecule has 1 amide bonds. The van der Waals surface area contributed by atoms with Gasteiger partial charge in [-0.3, -0.25) is 19.1 Å². The summed E-state index contributed by atoms with van der Waals surface area (Å²) in [5.74, 6) is -1.83. The van der Waals surface area contributed by atoms with Crippen molar-refractivity contribution in [2.45, 2.75) is 19.5 Å². The summed E-state index contributed by atoms with van der Waals surface area (Å²) in [5, 5.41) is 2.74. The van der Waals surface area contributed by atoms with Crippen LogP contribution in [0.4, 0.5) is 14.6 Å². The molecule has 9 nitrogen and oxygen atoms in total. The lowest BCUT2D eigenvalue weighted by molar-refractivity contribution is 0.0948. The average Bonchev–Trinajstić information content (AvgIpc) is 2.89. The molecule has 11 heteroatoms. The number of rotatable bonds is 10. The molecule has 0 aliphatic carbocycles. The van der Waals surface area contributed by atoms with Gasteiger partial charge in [0.15, 0.2) is 11.6 Å². The quantitative estimate of drug-likeness (QED) is 0.343. The molecule has 0 saturated heterocycles. The molecule has 0 atom stereocenters. The first-order valence-electron chi connectivity index (χ1n) is 12.1. The lowest BCUT2D eigenvalue weighted by Gasteiger charge is -2.19. The number of carbonyl (C=O) groups is 1. The largest absolute Gasteiger partial charge is 0.358 e. The van der Waals surface area contributed by atoms with Crippen LogP contribution in [-0.2, 0) is 13.1 Å². The van der Waals surface area contributed by atoms with Gasteiger partial charge in [0.25, 0.3) is 11.5 Å². The standard InChI is InChI=1S/C27H29F2N7O2/c1-34(2)9-4-10-35(3)25-15-31-23-8-6-18(12-24(23)33-25)13-32-26(37)20-14-30-17-36(27(20)38)16-19-5-7-21(28)22(29)11-19/h5-8,11-12,14-15,17H,4,9-10,13,16H2,1-3H3,(H,32,37). The van der Waals surface area contributed by atoms with Gasteiger partial charge in [-0.1, -0.05) is 12.1 Å². The smallest absolute Gasteiger partial charge is 0.266 e. The zero-order valence-corrected chi connectivity index (χ0v) is 21.5. The van der Waals surface area contributed by atoms with Crippen LogP contribution in [0.2, 0.25) is 0 Å². The fourth-order valence-electron chi connectivity index (χ4n) is 3.91. The van der Waals surface area contributed by atoms with Crippen LogP contribution in [0.3, 0.4) is 0 Å². The van der Waals surface area contributed by atoms with Crippen LogP contribution in [-0.4, -0.2) is 64.6 Å². The summed E-state index contributed by atoms with van der Waals surface area (Å²) in [4.78, 5) is 43.0. The number of carbonyl (C=O) groups excluding carboxylic acids is 1. The first-order chi connectivity index (χ1) is 18.2. The normalized spacial score (nSPS) is 11.2. The minimum Gasteiger partial charge on any atom is -0.358 e. The summed E-state index contributed by atoms with van der Waals surface area (Å²) in [5.41, 5.74) is 1.84. The minimum absolute atomic E-state index is 0.0561. The van der Waals surface area contributed by atoms with Crippen LogP contribution >= 0.6 is 0 Å². The first-order valence-corrected chi connectivity index (χ1v) is 12.1. The van der Waals surface area contributed by atoms with Crippen molar-refractivity contribution in [2.24, 2.45) is 0 Å². The van der Waals surface area contributed by atoms with E-state index in [9.17, 15) is 18.4 Å². The highest BCUT2D eigenvalue weighted by Crippen LogP contribution is 2.17. The molecule has 0 fully saturated rings. The number of nitrogens with zero attached hydrogens (tertiary/aromatic N) is 6. The van der Waals surface area contributed by atoms with Gasteiger partial charge < -0.3 is 15.1 Å². The van der Waals surface area contributed by atoms with Crippen molar-refractivity contribution in [2.75, 3.05) is 39.1 Å².